The molecular weight excluding hydrogens is 408 g/mol. The van der Waals surface area contributed by atoms with Gasteiger partial charge in [-0.3, -0.25) is 14.4 Å². The van der Waals surface area contributed by atoms with Crippen LogP contribution in [-0.2, 0) is 20.9 Å². The van der Waals surface area contributed by atoms with Crippen LogP contribution >= 0.6 is 11.6 Å². The Hall–Kier alpha value is -3.57. The number of carbonyl (C=O) groups is 3. The van der Waals surface area contributed by atoms with E-state index in [1.165, 1.54) is 12.1 Å². The first-order chi connectivity index (χ1) is 14.3. The molecule has 3 N–H and O–H groups in total. The highest BCUT2D eigenvalue weighted by Crippen LogP contribution is 2.15. The number of furan rings is 1. The molecule has 2 aromatic rings. The van der Waals surface area contributed by atoms with Gasteiger partial charge >= 0.3 is 11.8 Å². The Labute approximate surface area is 178 Å². The second kappa shape index (κ2) is 10.8. The number of carbonyl (C=O) groups excluding carboxylic acids is 3. The Morgan fingerprint density at radius 3 is 2.57 bits per heavy atom. The van der Waals surface area contributed by atoms with Gasteiger partial charge in [0, 0.05) is 23.3 Å². The molecular formula is C21H21ClN4O4. The molecule has 0 aliphatic heterocycles. The third kappa shape index (κ3) is 7.11. The van der Waals surface area contributed by atoms with E-state index >= 15 is 0 Å². The lowest BCUT2D eigenvalue weighted by Crippen LogP contribution is -2.34. The van der Waals surface area contributed by atoms with Gasteiger partial charge in [0.2, 0.25) is 0 Å². The molecule has 0 unspecified atom stereocenters. The van der Waals surface area contributed by atoms with Crippen LogP contribution in [0.1, 0.15) is 25.4 Å². The highest BCUT2D eigenvalue weighted by atomic mass is 35.5. The Bertz CT molecular complexity index is 1000. The van der Waals surface area contributed by atoms with Crippen LogP contribution in [0.3, 0.4) is 0 Å². The van der Waals surface area contributed by atoms with Crippen molar-refractivity contribution in [2.45, 2.75) is 20.4 Å². The monoisotopic (exact) mass is 428 g/mol. The lowest BCUT2D eigenvalue weighted by Gasteiger charge is -2.06. The number of nitrogens with one attached hydrogen (secondary N) is 3. The maximum absolute atomic E-state index is 12.0. The van der Waals surface area contributed by atoms with Crippen LogP contribution in [0.2, 0.25) is 5.02 Å². The number of anilines is 1. The molecule has 3 amide bonds. The number of hydrogen-bond donors (Lipinski definition) is 3. The summed E-state index contributed by atoms with van der Waals surface area (Å²) >= 11 is 5.83. The second-order valence-electron chi connectivity index (χ2n) is 6.72. The fourth-order valence-electron chi connectivity index (χ4n) is 2.25. The largest absolute Gasteiger partial charge is 0.460 e. The van der Waals surface area contributed by atoms with Gasteiger partial charge in [0.1, 0.15) is 23.2 Å². The summed E-state index contributed by atoms with van der Waals surface area (Å²) in [6.45, 7) is 4.29. The maximum Gasteiger partial charge on any atom is 0.313 e. The van der Waals surface area contributed by atoms with Gasteiger partial charge in [-0.05, 0) is 36.2 Å². The zero-order valence-electron chi connectivity index (χ0n) is 16.5. The molecule has 1 heterocycles. The minimum absolute atomic E-state index is 0.0446. The van der Waals surface area contributed by atoms with Crippen molar-refractivity contribution < 1.29 is 18.8 Å². The summed E-state index contributed by atoms with van der Waals surface area (Å²) in [5, 5.41) is 17.1. The van der Waals surface area contributed by atoms with Gasteiger partial charge in [-0.25, -0.2) is 0 Å². The molecule has 1 aromatic heterocycles. The predicted molar refractivity (Wildman–Crippen MR) is 112 cm³/mol. The van der Waals surface area contributed by atoms with Crippen molar-refractivity contribution >= 4 is 41.1 Å². The van der Waals surface area contributed by atoms with Gasteiger partial charge in [-0.2, -0.15) is 5.26 Å². The summed E-state index contributed by atoms with van der Waals surface area (Å²) in [6.07, 6.45) is 1.31. The number of nitriles is 1. The highest BCUT2D eigenvalue weighted by molar-refractivity contribution is 6.39. The van der Waals surface area contributed by atoms with Gasteiger partial charge in [-0.1, -0.05) is 31.5 Å². The molecule has 8 nitrogen and oxygen atoms in total. The number of benzene rings is 1. The van der Waals surface area contributed by atoms with E-state index < -0.39 is 17.7 Å². The van der Waals surface area contributed by atoms with Crippen LogP contribution < -0.4 is 16.0 Å². The molecule has 30 heavy (non-hydrogen) atoms. The number of hydrogen-bond acceptors (Lipinski definition) is 5. The molecule has 0 aliphatic rings. The van der Waals surface area contributed by atoms with Crippen LogP contribution in [0.4, 0.5) is 5.69 Å². The maximum atomic E-state index is 12.0. The first-order valence-electron chi connectivity index (χ1n) is 9.12. The van der Waals surface area contributed by atoms with Crippen molar-refractivity contribution in [3.05, 3.63) is 58.5 Å². The minimum Gasteiger partial charge on any atom is -0.460 e. The number of halogens is 1. The van der Waals surface area contributed by atoms with Gasteiger partial charge in [-0.15, -0.1) is 0 Å². The van der Waals surface area contributed by atoms with Gasteiger partial charge in [0.05, 0.1) is 6.54 Å². The van der Waals surface area contributed by atoms with E-state index in [-0.39, 0.29) is 23.8 Å². The lowest BCUT2D eigenvalue weighted by atomic mass is 10.2. The van der Waals surface area contributed by atoms with Crippen molar-refractivity contribution in [2.24, 2.45) is 5.92 Å². The zero-order chi connectivity index (χ0) is 22.1. The molecule has 0 radical (unpaired) electrons. The number of nitrogens with zero attached hydrogens (tertiary/aromatic N) is 1. The van der Waals surface area contributed by atoms with Gasteiger partial charge < -0.3 is 20.4 Å². The molecule has 0 fully saturated rings. The van der Waals surface area contributed by atoms with E-state index in [4.69, 9.17) is 16.0 Å². The Morgan fingerprint density at radius 1 is 1.13 bits per heavy atom. The summed E-state index contributed by atoms with van der Waals surface area (Å²) < 4.78 is 5.48. The normalized spacial score (nSPS) is 11.0. The molecule has 0 atom stereocenters. The highest BCUT2D eigenvalue weighted by Gasteiger charge is 2.15. The third-order valence-corrected chi connectivity index (χ3v) is 3.95. The molecule has 0 spiro atoms. The smallest absolute Gasteiger partial charge is 0.313 e. The van der Waals surface area contributed by atoms with E-state index in [9.17, 15) is 19.6 Å². The third-order valence-electron chi connectivity index (χ3n) is 3.72. The standard InChI is InChI=1S/C21H21ClN4O4/c1-13(2)11-24-19(27)14(10-23)8-17-6-7-18(30-17)12-25-20(28)21(29)26-16-5-3-4-15(22)9-16/h3-9,13H,11-12H2,1-2H3,(H,24,27)(H,25,28)(H,26,29)/b14-8-. The molecule has 0 aliphatic carbocycles. The average Bonchev–Trinajstić information content (AvgIpc) is 3.15. The first-order valence-corrected chi connectivity index (χ1v) is 9.49. The molecule has 156 valence electrons. The van der Waals surface area contributed by atoms with Crippen LogP contribution in [0.25, 0.3) is 6.08 Å². The van der Waals surface area contributed by atoms with E-state index in [1.54, 1.807) is 30.3 Å². The van der Waals surface area contributed by atoms with E-state index in [2.05, 4.69) is 16.0 Å². The van der Waals surface area contributed by atoms with Gasteiger partial charge in [0.15, 0.2) is 0 Å². The summed E-state index contributed by atoms with van der Waals surface area (Å²) in [6, 6.07) is 11.4. The van der Waals surface area contributed by atoms with Crippen molar-refractivity contribution in [1.82, 2.24) is 10.6 Å². The summed E-state index contributed by atoms with van der Waals surface area (Å²) in [5.74, 6) is -1.31. The van der Waals surface area contributed by atoms with Crippen molar-refractivity contribution in [3.8, 4) is 6.07 Å². The average molecular weight is 429 g/mol. The Balaban J connectivity index is 1.91. The van der Waals surface area contributed by atoms with Crippen LogP contribution in [-0.4, -0.2) is 24.3 Å². The van der Waals surface area contributed by atoms with Gasteiger partial charge in [0.25, 0.3) is 5.91 Å². The fourth-order valence-corrected chi connectivity index (χ4v) is 2.44. The van der Waals surface area contributed by atoms with E-state index in [0.29, 0.717) is 23.0 Å². The molecule has 2 rings (SSSR count). The van der Waals surface area contributed by atoms with Crippen LogP contribution in [0.5, 0.6) is 0 Å². The van der Waals surface area contributed by atoms with E-state index in [0.717, 1.165) is 0 Å². The SMILES string of the molecule is CC(C)CNC(=O)/C(C#N)=C\c1ccc(CNC(=O)C(=O)Nc2cccc(Cl)c2)o1. The van der Waals surface area contributed by atoms with Crippen LogP contribution in [0.15, 0.2) is 46.4 Å². The predicted octanol–water partition coefficient (Wildman–Crippen LogP) is 2.87. The summed E-state index contributed by atoms with van der Waals surface area (Å²) in [5.41, 5.74) is 0.300. The van der Waals surface area contributed by atoms with Crippen molar-refractivity contribution in [2.75, 3.05) is 11.9 Å². The quantitative estimate of drug-likeness (QED) is 0.355. The first kappa shape index (κ1) is 22.7. The molecule has 0 saturated carbocycles. The molecule has 0 saturated heterocycles. The number of amides is 3. The molecule has 9 heteroatoms. The van der Waals surface area contributed by atoms with Crippen LogP contribution in [0, 0.1) is 17.2 Å². The Morgan fingerprint density at radius 2 is 1.90 bits per heavy atom. The van der Waals surface area contributed by atoms with Crippen molar-refractivity contribution in [1.29, 1.82) is 5.26 Å². The summed E-state index contributed by atoms with van der Waals surface area (Å²) in [4.78, 5) is 35.9. The topological polar surface area (TPSA) is 124 Å². The van der Waals surface area contributed by atoms with Crippen molar-refractivity contribution in [3.63, 3.8) is 0 Å². The molecule has 0 bridgehead atoms. The minimum atomic E-state index is -0.853. The second-order valence-corrected chi connectivity index (χ2v) is 7.16. The van der Waals surface area contributed by atoms with E-state index in [1.807, 2.05) is 19.9 Å². The Kier molecular flexibility index (Phi) is 8.20. The fraction of sp³-hybridized carbons (Fsp3) is 0.238. The zero-order valence-corrected chi connectivity index (χ0v) is 17.2. The summed E-state index contributed by atoms with van der Waals surface area (Å²) in [7, 11) is 0. The lowest BCUT2D eigenvalue weighted by molar-refractivity contribution is -0.136. The number of rotatable bonds is 7. The molecule has 1 aromatic carbocycles.